The van der Waals surface area contributed by atoms with Gasteiger partial charge in [0.1, 0.15) is 0 Å². The Morgan fingerprint density at radius 3 is 2.86 bits per heavy atom. The van der Waals surface area contributed by atoms with E-state index in [0.29, 0.717) is 6.04 Å². The minimum absolute atomic E-state index is 0.243. The number of aromatic nitrogens is 1. The zero-order chi connectivity index (χ0) is 15.5. The second-order valence-electron chi connectivity index (χ2n) is 6.95. The molecule has 4 nitrogen and oxygen atoms in total. The molecule has 2 aliphatic rings. The molecule has 1 saturated carbocycles. The third-order valence-corrected chi connectivity index (χ3v) is 4.88. The summed E-state index contributed by atoms with van der Waals surface area (Å²) in [4.78, 5) is 15.2. The maximum Gasteiger partial charge on any atom is 0.255 e. The molecule has 1 aromatic heterocycles. The van der Waals surface area contributed by atoms with E-state index in [4.69, 9.17) is 0 Å². The van der Waals surface area contributed by atoms with Gasteiger partial charge in [-0.3, -0.25) is 4.79 Å². The number of fused-ring (bicyclic) bond motifs is 1. The fourth-order valence-corrected chi connectivity index (χ4v) is 3.35. The predicted octanol–water partition coefficient (Wildman–Crippen LogP) is 2.28. The Labute approximate surface area is 133 Å². The molecule has 0 atom stereocenters. The minimum atomic E-state index is 0.243. The molecule has 4 heteroatoms. The van der Waals surface area contributed by atoms with Crippen LogP contribution in [0, 0.1) is 0 Å². The van der Waals surface area contributed by atoms with E-state index in [1.165, 1.54) is 36.9 Å². The SMILES string of the molecule is CCCCCn1c2c(cc(CNC3CC3)c1=O)CN(C)CC2. The number of likely N-dealkylation sites (N-methyl/N-ethyl adjacent to an activating group) is 1. The second-order valence-corrected chi connectivity index (χ2v) is 6.95. The maximum atomic E-state index is 12.9. The Bertz CT molecular complexity index is 574. The molecule has 1 aliphatic heterocycles. The molecule has 22 heavy (non-hydrogen) atoms. The summed E-state index contributed by atoms with van der Waals surface area (Å²) in [6.07, 6.45) is 7.03. The van der Waals surface area contributed by atoms with Gasteiger partial charge in [0.15, 0.2) is 0 Å². The highest BCUT2D eigenvalue weighted by Crippen LogP contribution is 2.21. The third kappa shape index (κ3) is 3.61. The zero-order valence-corrected chi connectivity index (χ0v) is 14.0. The molecule has 0 spiro atoms. The summed E-state index contributed by atoms with van der Waals surface area (Å²) < 4.78 is 2.09. The number of pyridine rings is 1. The Morgan fingerprint density at radius 2 is 2.14 bits per heavy atom. The Morgan fingerprint density at radius 1 is 1.32 bits per heavy atom. The van der Waals surface area contributed by atoms with Crippen molar-refractivity contribution in [2.75, 3.05) is 13.6 Å². The van der Waals surface area contributed by atoms with E-state index in [-0.39, 0.29) is 5.56 Å². The van der Waals surface area contributed by atoms with Crippen molar-refractivity contribution < 1.29 is 0 Å². The van der Waals surface area contributed by atoms with Crippen molar-refractivity contribution in [3.05, 3.63) is 33.2 Å². The number of unbranched alkanes of at least 4 members (excludes halogenated alkanes) is 2. The topological polar surface area (TPSA) is 37.3 Å². The number of hydrogen-bond acceptors (Lipinski definition) is 3. The van der Waals surface area contributed by atoms with Crippen LogP contribution in [0.5, 0.6) is 0 Å². The minimum Gasteiger partial charge on any atom is -0.312 e. The summed E-state index contributed by atoms with van der Waals surface area (Å²) in [6.45, 7) is 5.85. The molecule has 3 rings (SSSR count). The van der Waals surface area contributed by atoms with Gasteiger partial charge in [-0.05, 0) is 37.9 Å². The van der Waals surface area contributed by atoms with Crippen LogP contribution in [0.4, 0.5) is 0 Å². The van der Waals surface area contributed by atoms with Crippen molar-refractivity contribution in [1.29, 1.82) is 0 Å². The average Bonchev–Trinajstić information content (AvgIpc) is 3.32. The predicted molar refractivity (Wildman–Crippen MR) is 90.1 cm³/mol. The lowest BCUT2D eigenvalue weighted by Crippen LogP contribution is -2.36. The van der Waals surface area contributed by atoms with E-state index in [1.807, 2.05) is 0 Å². The van der Waals surface area contributed by atoms with Crippen molar-refractivity contribution >= 4 is 0 Å². The summed E-state index contributed by atoms with van der Waals surface area (Å²) in [5.41, 5.74) is 3.84. The summed E-state index contributed by atoms with van der Waals surface area (Å²) in [7, 11) is 2.16. The molecule has 2 heterocycles. The standard InChI is InChI=1S/C18H29N3O/c1-3-4-5-9-21-17-8-10-20(2)13-15(17)11-14(18(21)22)12-19-16-6-7-16/h11,16,19H,3-10,12-13H2,1-2H3. The number of rotatable bonds is 7. The maximum absolute atomic E-state index is 12.9. The van der Waals surface area contributed by atoms with Gasteiger partial charge in [-0.1, -0.05) is 19.8 Å². The van der Waals surface area contributed by atoms with Crippen LogP contribution >= 0.6 is 0 Å². The Kier molecular flexibility index (Phi) is 4.99. The van der Waals surface area contributed by atoms with Crippen LogP contribution in [0.2, 0.25) is 0 Å². The largest absolute Gasteiger partial charge is 0.312 e. The van der Waals surface area contributed by atoms with Gasteiger partial charge < -0.3 is 14.8 Å². The highest BCUT2D eigenvalue weighted by atomic mass is 16.1. The normalized spacial score (nSPS) is 18.5. The van der Waals surface area contributed by atoms with Crippen LogP contribution in [0.25, 0.3) is 0 Å². The summed E-state index contributed by atoms with van der Waals surface area (Å²) in [6, 6.07) is 2.81. The van der Waals surface area contributed by atoms with Crippen LogP contribution in [0.3, 0.4) is 0 Å². The van der Waals surface area contributed by atoms with E-state index in [2.05, 4.69) is 34.8 Å². The van der Waals surface area contributed by atoms with E-state index < -0.39 is 0 Å². The smallest absolute Gasteiger partial charge is 0.255 e. The first-order valence-electron chi connectivity index (χ1n) is 8.85. The number of nitrogens with one attached hydrogen (secondary N) is 1. The lowest BCUT2D eigenvalue weighted by Gasteiger charge is -2.28. The van der Waals surface area contributed by atoms with E-state index in [1.54, 1.807) is 0 Å². The molecular weight excluding hydrogens is 274 g/mol. The van der Waals surface area contributed by atoms with Crippen LogP contribution in [-0.4, -0.2) is 29.1 Å². The van der Waals surface area contributed by atoms with Gasteiger partial charge >= 0.3 is 0 Å². The molecule has 1 N–H and O–H groups in total. The van der Waals surface area contributed by atoms with Crippen LogP contribution in [0.15, 0.2) is 10.9 Å². The summed E-state index contributed by atoms with van der Waals surface area (Å²) in [5, 5.41) is 3.50. The lowest BCUT2D eigenvalue weighted by atomic mass is 10.0. The van der Waals surface area contributed by atoms with Gasteiger partial charge in [-0.25, -0.2) is 0 Å². The second kappa shape index (κ2) is 6.97. The highest BCUT2D eigenvalue weighted by Gasteiger charge is 2.23. The van der Waals surface area contributed by atoms with Gasteiger partial charge in [0.25, 0.3) is 5.56 Å². The fourth-order valence-electron chi connectivity index (χ4n) is 3.35. The van der Waals surface area contributed by atoms with Gasteiger partial charge in [0.2, 0.25) is 0 Å². The first kappa shape index (κ1) is 15.8. The van der Waals surface area contributed by atoms with Gasteiger partial charge in [-0.15, -0.1) is 0 Å². The molecule has 0 bridgehead atoms. The molecular formula is C18H29N3O. The molecule has 0 saturated heterocycles. The quantitative estimate of drug-likeness (QED) is 0.785. The first-order valence-corrected chi connectivity index (χ1v) is 8.85. The van der Waals surface area contributed by atoms with Crippen molar-refractivity contribution in [3.8, 4) is 0 Å². The van der Waals surface area contributed by atoms with Crippen molar-refractivity contribution in [2.24, 2.45) is 0 Å². The van der Waals surface area contributed by atoms with Crippen LogP contribution in [0.1, 0.15) is 55.8 Å². The van der Waals surface area contributed by atoms with E-state index >= 15 is 0 Å². The van der Waals surface area contributed by atoms with E-state index in [9.17, 15) is 4.79 Å². The van der Waals surface area contributed by atoms with Crippen LogP contribution < -0.4 is 10.9 Å². The van der Waals surface area contributed by atoms with Gasteiger partial charge in [0, 0.05) is 49.9 Å². The Hall–Kier alpha value is -1.13. The number of hydrogen-bond donors (Lipinski definition) is 1. The van der Waals surface area contributed by atoms with Gasteiger partial charge in [0.05, 0.1) is 0 Å². The molecule has 0 aromatic carbocycles. The number of nitrogens with zero attached hydrogens (tertiary/aromatic N) is 2. The Balaban J connectivity index is 1.87. The van der Waals surface area contributed by atoms with Crippen molar-refractivity contribution in [2.45, 2.75) is 71.1 Å². The fraction of sp³-hybridized carbons (Fsp3) is 0.722. The molecule has 1 fully saturated rings. The third-order valence-electron chi connectivity index (χ3n) is 4.88. The monoisotopic (exact) mass is 303 g/mol. The summed E-state index contributed by atoms with van der Waals surface area (Å²) >= 11 is 0. The summed E-state index contributed by atoms with van der Waals surface area (Å²) in [5.74, 6) is 0. The first-order chi connectivity index (χ1) is 10.7. The molecule has 0 unspecified atom stereocenters. The van der Waals surface area contributed by atoms with Crippen LogP contribution in [-0.2, 0) is 26.1 Å². The van der Waals surface area contributed by atoms with Crippen molar-refractivity contribution in [1.82, 2.24) is 14.8 Å². The molecule has 0 radical (unpaired) electrons. The highest BCUT2D eigenvalue weighted by molar-refractivity contribution is 5.29. The zero-order valence-electron chi connectivity index (χ0n) is 14.0. The molecule has 1 aromatic rings. The van der Waals surface area contributed by atoms with E-state index in [0.717, 1.165) is 44.6 Å². The lowest BCUT2D eigenvalue weighted by molar-refractivity contribution is 0.303. The van der Waals surface area contributed by atoms with Crippen molar-refractivity contribution in [3.63, 3.8) is 0 Å². The van der Waals surface area contributed by atoms with Gasteiger partial charge in [-0.2, -0.15) is 0 Å². The molecule has 1 aliphatic carbocycles. The molecule has 122 valence electrons. The average molecular weight is 303 g/mol. The molecule has 0 amide bonds.